The van der Waals surface area contributed by atoms with E-state index in [0.717, 1.165) is 12.4 Å². The van der Waals surface area contributed by atoms with Gasteiger partial charge in [0.05, 0.1) is 0 Å². The van der Waals surface area contributed by atoms with Crippen molar-refractivity contribution in [2.24, 2.45) is 5.73 Å². The molecule has 3 nitrogen and oxygen atoms in total. The van der Waals surface area contributed by atoms with E-state index >= 15 is 0 Å². The predicted molar refractivity (Wildman–Crippen MR) is 59.2 cm³/mol. The molecule has 0 atom stereocenters. The van der Waals surface area contributed by atoms with Gasteiger partial charge in [0.25, 0.3) is 0 Å². The molecule has 0 aliphatic carbocycles. The van der Waals surface area contributed by atoms with Crippen LogP contribution in [0.25, 0.3) is 5.69 Å². The monoisotopic (exact) mass is 293 g/mol. The molecule has 0 aliphatic heterocycles. The highest BCUT2D eigenvalue weighted by Gasteiger charge is 2.28. The summed E-state index contributed by atoms with van der Waals surface area (Å²) in [6.45, 7) is 0. The highest BCUT2D eigenvalue weighted by Crippen LogP contribution is 2.26. The summed E-state index contributed by atoms with van der Waals surface area (Å²) >= 11 is 4.57. The summed E-state index contributed by atoms with van der Waals surface area (Å²) in [5.74, 6) is -10.6. The summed E-state index contributed by atoms with van der Waals surface area (Å²) < 4.78 is 66.7. The summed E-state index contributed by atoms with van der Waals surface area (Å²) in [5.41, 5.74) is 4.06. The molecule has 2 aromatic rings. The van der Waals surface area contributed by atoms with Gasteiger partial charge >= 0.3 is 0 Å². The van der Waals surface area contributed by atoms with Gasteiger partial charge in [-0.2, -0.15) is 0 Å². The van der Waals surface area contributed by atoms with Crippen molar-refractivity contribution in [1.29, 1.82) is 0 Å². The minimum atomic E-state index is -2.24. The molecule has 0 unspecified atom stereocenters. The number of benzene rings is 1. The number of nitrogens with zero attached hydrogens (tertiary/aromatic N) is 2. The third-order valence-corrected chi connectivity index (χ3v) is 2.47. The lowest BCUT2D eigenvalue weighted by molar-refractivity contribution is 0.375. The molecule has 0 bridgehead atoms. The topological polar surface area (TPSA) is 43.8 Å². The SMILES string of the molecule is NC(=S)c1nccn1-c1c(F)c(F)c(F)c(F)c1F. The van der Waals surface area contributed by atoms with E-state index in [1.54, 1.807) is 0 Å². The van der Waals surface area contributed by atoms with Crippen molar-refractivity contribution in [2.45, 2.75) is 0 Å². The summed E-state index contributed by atoms with van der Waals surface area (Å²) in [6, 6.07) is 0. The van der Waals surface area contributed by atoms with E-state index in [9.17, 15) is 22.0 Å². The van der Waals surface area contributed by atoms with E-state index in [-0.39, 0.29) is 10.8 Å². The minimum absolute atomic E-state index is 0.293. The normalized spacial score (nSPS) is 10.8. The maximum Gasteiger partial charge on any atom is 0.200 e. The summed E-state index contributed by atoms with van der Waals surface area (Å²) in [4.78, 5) is 3.23. The first kappa shape index (κ1) is 13.4. The molecule has 1 aromatic heterocycles. The van der Waals surface area contributed by atoms with Gasteiger partial charge in [0.15, 0.2) is 29.1 Å². The molecule has 1 aromatic carbocycles. The lowest BCUT2D eigenvalue weighted by atomic mass is 10.2. The number of thiocarbonyl (C=S) groups is 1. The quantitative estimate of drug-likeness (QED) is 0.399. The molecular formula is C10H4F5N3S. The maximum atomic E-state index is 13.6. The fraction of sp³-hybridized carbons (Fsp3) is 0. The van der Waals surface area contributed by atoms with Crippen LogP contribution < -0.4 is 5.73 Å². The van der Waals surface area contributed by atoms with E-state index in [2.05, 4.69) is 17.2 Å². The Morgan fingerprint density at radius 2 is 1.47 bits per heavy atom. The smallest absolute Gasteiger partial charge is 0.200 e. The molecule has 1 heterocycles. The summed E-state index contributed by atoms with van der Waals surface area (Å²) in [7, 11) is 0. The first-order valence-corrected chi connectivity index (χ1v) is 5.12. The standard InChI is InChI=1S/C10H4F5N3S/c11-3-4(12)6(14)8(7(15)5(3)13)18-2-1-17-10(18)9(16)19/h1-2H,(H2,16,19). The Kier molecular flexibility index (Phi) is 3.23. The van der Waals surface area contributed by atoms with Gasteiger partial charge in [-0.25, -0.2) is 26.9 Å². The molecule has 9 heteroatoms. The van der Waals surface area contributed by atoms with Crippen LogP contribution in [0.3, 0.4) is 0 Å². The number of rotatable bonds is 2. The van der Waals surface area contributed by atoms with Crippen LogP contribution in [0.2, 0.25) is 0 Å². The average Bonchev–Trinajstić information content (AvgIpc) is 2.83. The zero-order valence-electron chi connectivity index (χ0n) is 8.92. The fourth-order valence-corrected chi connectivity index (χ4v) is 1.62. The Balaban J connectivity index is 2.83. The minimum Gasteiger partial charge on any atom is -0.387 e. The van der Waals surface area contributed by atoms with Crippen LogP contribution in [0.1, 0.15) is 5.82 Å². The van der Waals surface area contributed by atoms with Crippen molar-refractivity contribution in [2.75, 3.05) is 0 Å². The van der Waals surface area contributed by atoms with Crippen molar-refractivity contribution in [3.63, 3.8) is 0 Å². The number of halogens is 5. The van der Waals surface area contributed by atoms with E-state index in [1.807, 2.05) is 0 Å². The van der Waals surface area contributed by atoms with Crippen molar-refractivity contribution < 1.29 is 22.0 Å². The number of nitrogens with two attached hydrogens (primary N) is 1. The molecule has 0 fully saturated rings. The van der Waals surface area contributed by atoms with Crippen molar-refractivity contribution >= 4 is 17.2 Å². The third kappa shape index (κ3) is 1.95. The van der Waals surface area contributed by atoms with Gasteiger partial charge in [-0.15, -0.1) is 0 Å². The molecule has 0 saturated heterocycles. The Morgan fingerprint density at radius 1 is 1.00 bits per heavy atom. The highest BCUT2D eigenvalue weighted by atomic mass is 32.1. The molecule has 100 valence electrons. The van der Waals surface area contributed by atoms with Gasteiger partial charge in [-0.05, 0) is 0 Å². The lowest BCUT2D eigenvalue weighted by Crippen LogP contribution is -2.18. The number of aromatic nitrogens is 2. The lowest BCUT2D eigenvalue weighted by Gasteiger charge is -2.11. The second kappa shape index (κ2) is 4.57. The van der Waals surface area contributed by atoms with E-state index in [0.29, 0.717) is 4.57 Å². The molecule has 2 N–H and O–H groups in total. The Hall–Kier alpha value is -2.03. The summed E-state index contributed by atoms with van der Waals surface area (Å²) in [6.07, 6.45) is 2.04. The van der Waals surface area contributed by atoms with Gasteiger partial charge in [0.1, 0.15) is 10.7 Å². The van der Waals surface area contributed by atoms with Crippen molar-refractivity contribution in [3.05, 3.63) is 47.3 Å². The van der Waals surface area contributed by atoms with Crippen LogP contribution in [-0.4, -0.2) is 14.5 Å². The molecule has 0 spiro atoms. The fourth-order valence-electron chi connectivity index (χ4n) is 1.47. The van der Waals surface area contributed by atoms with E-state index in [1.165, 1.54) is 0 Å². The zero-order valence-corrected chi connectivity index (χ0v) is 9.74. The van der Waals surface area contributed by atoms with E-state index < -0.39 is 34.8 Å². The second-order valence-electron chi connectivity index (χ2n) is 3.40. The Bertz CT molecular complexity index is 653. The van der Waals surface area contributed by atoms with Crippen LogP contribution in [0.15, 0.2) is 12.4 Å². The first-order chi connectivity index (χ1) is 8.86. The first-order valence-electron chi connectivity index (χ1n) is 4.71. The molecule has 2 rings (SSSR count). The van der Waals surface area contributed by atoms with Gasteiger partial charge in [0, 0.05) is 12.4 Å². The van der Waals surface area contributed by atoms with Crippen LogP contribution in [-0.2, 0) is 0 Å². The molecule has 0 saturated carbocycles. The molecular weight excluding hydrogens is 289 g/mol. The van der Waals surface area contributed by atoms with Gasteiger partial charge < -0.3 is 5.73 Å². The average molecular weight is 293 g/mol. The molecule has 0 aliphatic rings. The van der Waals surface area contributed by atoms with Crippen LogP contribution >= 0.6 is 12.2 Å². The highest BCUT2D eigenvalue weighted by molar-refractivity contribution is 7.80. The third-order valence-electron chi connectivity index (χ3n) is 2.29. The number of imidazole rings is 1. The van der Waals surface area contributed by atoms with Crippen LogP contribution in [0, 0.1) is 29.1 Å². The van der Waals surface area contributed by atoms with Gasteiger partial charge in [-0.1, -0.05) is 12.2 Å². The number of hydrogen-bond acceptors (Lipinski definition) is 2. The van der Waals surface area contributed by atoms with Crippen molar-refractivity contribution in [3.8, 4) is 5.69 Å². The zero-order chi connectivity index (χ0) is 14.3. The number of hydrogen-bond donors (Lipinski definition) is 1. The molecule has 0 amide bonds. The van der Waals surface area contributed by atoms with Gasteiger partial charge in [0.2, 0.25) is 5.82 Å². The summed E-state index contributed by atoms with van der Waals surface area (Å²) in [5, 5.41) is 0. The predicted octanol–water partition coefficient (Wildman–Crippen LogP) is 2.20. The second-order valence-corrected chi connectivity index (χ2v) is 3.84. The molecule has 0 radical (unpaired) electrons. The molecule has 19 heavy (non-hydrogen) atoms. The maximum absolute atomic E-state index is 13.6. The largest absolute Gasteiger partial charge is 0.387 e. The van der Waals surface area contributed by atoms with Gasteiger partial charge in [-0.3, -0.25) is 4.57 Å². The Labute approximate surface area is 108 Å². The Morgan fingerprint density at radius 3 is 1.95 bits per heavy atom. The van der Waals surface area contributed by atoms with E-state index in [4.69, 9.17) is 5.73 Å². The van der Waals surface area contributed by atoms with Crippen LogP contribution in [0.4, 0.5) is 22.0 Å². The van der Waals surface area contributed by atoms with Crippen molar-refractivity contribution in [1.82, 2.24) is 9.55 Å². The van der Waals surface area contributed by atoms with Crippen LogP contribution in [0.5, 0.6) is 0 Å².